The summed E-state index contributed by atoms with van der Waals surface area (Å²) in [5, 5.41) is 9.90. The molecule has 0 aliphatic heterocycles. The molecule has 0 spiro atoms. The maximum Gasteiger partial charge on any atom is 0.238 e. The number of nitrogens with zero attached hydrogens (tertiary/aromatic N) is 3. The van der Waals surface area contributed by atoms with Crippen LogP contribution < -0.4 is 14.9 Å². The van der Waals surface area contributed by atoms with Crippen molar-refractivity contribution in [3.63, 3.8) is 0 Å². The summed E-state index contributed by atoms with van der Waals surface area (Å²) in [6, 6.07) is 8.91. The molecule has 0 unspecified atom stereocenters. The molecule has 0 atom stereocenters. The van der Waals surface area contributed by atoms with Gasteiger partial charge in [0.2, 0.25) is 10.2 Å². The van der Waals surface area contributed by atoms with Crippen molar-refractivity contribution in [3.05, 3.63) is 62.8 Å². The highest BCUT2D eigenvalue weighted by molar-refractivity contribution is 7.71. The molecule has 2 heterocycles. The molecular formula is C15H15N5O3S. The number of nitrogens with one attached hydrogen (secondary N) is 2. The number of aromatic amines is 2. The van der Waals surface area contributed by atoms with Gasteiger partial charge in [-0.2, -0.15) is 5.21 Å². The van der Waals surface area contributed by atoms with Crippen LogP contribution in [-0.2, 0) is 13.2 Å². The highest BCUT2D eigenvalue weighted by atomic mass is 32.1. The van der Waals surface area contributed by atoms with Gasteiger partial charge >= 0.3 is 0 Å². The molecule has 8 nitrogen and oxygen atoms in total. The average Bonchev–Trinajstić information content (AvgIpc) is 2.99. The van der Waals surface area contributed by atoms with Crippen molar-refractivity contribution in [2.75, 3.05) is 7.11 Å². The number of hydrogen-bond donors (Lipinski definition) is 2. The predicted octanol–water partition coefficient (Wildman–Crippen LogP) is 1.66. The van der Waals surface area contributed by atoms with Crippen molar-refractivity contribution in [1.29, 1.82) is 0 Å². The summed E-state index contributed by atoms with van der Waals surface area (Å²) >= 11 is 4.99. The molecule has 0 aliphatic carbocycles. The molecule has 0 saturated carbocycles. The Morgan fingerprint density at radius 3 is 2.71 bits per heavy atom. The van der Waals surface area contributed by atoms with Crippen molar-refractivity contribution in [2.45, 2.75) is 13.2 Å². The second-order valence-corrected chi connectivity index (χ2v) is 5.36. The average molecular weight is 345 g/mol. The Kier molecular flexibility index (Phi) is 4.71. The van der Waals surface area contributed by atoms with Crippen LogP contribution in [0.4, 0.5) is 0 Å². The van der Waals surface area contributed by atoms with Crippen LogP contribution >= 0.6 is 12.2 Å². The second kappa shape index (κ2) is 7.09. The molecule has 0 saturated heterocycles. The Bertz CT molecular complexity index is 929. The van der Waals surface area contributed by atoms with E-state index in [-0.39, 0.29) is 11.2 Å². The minimum absolute atomic E-state index is 0.212. The highest BCUT2D eigenvalue weighted by Crippen LogP contribution is 2.13. The zero-order chi connectivity index (χ0) is 16.9. The Labute approximate surface area is 142 Å². The summed E-state index contributed by atoms with van der Waals surface area (Å²) < 4.78 is 12.5. The van der Waals surface area contributed by atoms with Gasteiger partial charge in [0.25, 0.3) is 0 Å². The van der Waals surface area contributed by atoms with Crippen molar-refractivity contribution >= 4 is 12.2 Å². The molecule has 2 N–H and O–H groups in total. The molecular weight excluding hydrogens is 330 g/mol. The lowest BCUT2D eigenvalue weighted by Gasteiger charge is -2.08. The second-order valence-electron chi connectivity index (χ2n) is 4.99. The summed E-state index contributed by atoms with van der Waals surface area (Å²) in [5.74, 6) is 1.02. The smallest absolute Gasteiger partial charge is 0.238 e. The Morgan fingerprint density at radius 2 is 2.08 bits per heavy atom. The fraction of sp³-hybridized carbons (Fsp3) is 0.200. The Morgan fingerprint density at radius 1 is 1.29 bits per heavy atom. The number of rotatable bonds is 6. The van der Waals surface area contributed by atoms with E-state index in [2.05, 4.69) is 20.5 Å². The van der Waals surface area contributed by atoms with Crippen LogP contribution in [-0.4, -0.2) is 32.3 Å². The SMILES string of the molecule is COc1ccc(COc2c[nH]c(Cn3[nH]nnc3=S)cc2=O)cc1. The van der Waals surface area contributed by atoms with Gasteiger partial charge in [0, 0.05) is 18.0 Å². The maximum absolute atomic E-state index is 12.1. The first-order valence-electron chi connectivity index (χ1n) is 7.11. The van der Waals surface area contributed by atoms with Crippen LogP contribution in [0.3, 0.4) is 0 Å². The molecule has 0 fully saturated rings. The largest absolute Gasteiger partial charge is 0.497 e. The zero-order valence-corrected chi connectivity index (χ0v) is 13.7. The summed E-state index contributed by atoms with van der Waals surface area (Å²) in [6.07, 6.45) is 1.54. The first kappa shape index (κ1) is 15.9. The topological polar surface area (TPSA) is 97.8 Å². The van der Waals surface area contributed by atoms with Gasteiger partial charge in [0.1, 0.15) is 12.4 Å². The van der Waals surface area contributed by atoms with E-state index in [9.17, 15) is 4.79 Å². The quantitative estimate of drug-likeness (QED) is 0.660. The third-order valence-corrected chi connectivity index (χ3v) is 3.65. The number of methoxy groups -OCH3 is 1. The van der Waals surface area contributed by atoms with E-state index in [0.717, 1.165) is 11.3 Å². The number of H-pyrrole nitrogens is 2. The standard InChI is InChI=1S/C15H15N5O3S/c1-22-12-4-2-10(3-5-12)9-23-14-7-16-11(6-13(14)21)8-20-15(24)17-18-19-20/h2-7H,8-9H2,1H3,(H,16,21)(H,17,19,24). The molecule has 0 bridgehead atoms. The van der Waals surface area contributed by atoms with Gasteiger partial charge in [-0.25, -0.2) is 4.68 Å². The van der Waals surface area contributed by atoms with E-state index in [4.69, 9.17) is 21.7 Å². The van der Waals surface area contributed by atoms with Gasteiger partial charge in [-0.05, 0) is 29.9 Å². The minimum atomic E-state index is -0.212. The van der Waals surface area contributed by atoms with E-state index in [0.29, 0.717) is 23.6 Å². The Balaban J connectivity index is 1.67. The van der Waals surface area contributed by atoms with Gasteiger partial charge in [0.15, 0.2) is 5.75 Å². The number of aromatic nitrogens is 5. The van der Waals surface area contributed by atoms with Crippen molar-refractivity contribution in [3.8, 4) is 11.5 Å². The molecule has 2 aromatic heterocycles. The molecule has 0 aliphatic rings. The number of pyridine rings is 1. The zero-order valence-electron chi connectivity index (χ0n) is 12.9. The molecule has 0 radical (unpaired) electrons. The summed E-state index contributed by atoms with van der Waals surface area (Å²) in [6.45, 7) is 0.641. The van der Waals surface area contributed by atoms with E-state index < -0.39 is 0 Å². The van der Waals surface area contributed by atoms with Crippen molar-refractivity contribution < 1.29 is 9.47 Å². The number of benzene rings is 1. The lowest BCUT2D eigenvalue weighted by molar-refractivity contribution is 0.301. The fourth-order valence-corrected chi connectivity index (χ4v) is 2.22. The van der Waals surface area contributed by atoms with E-state index in [1.807, 2.05) is 24.3 Å². The van der Waals surface area contributed by atoms with Crippen LogP contribution in [0.2, 0.25) is 0 Å². The molecule has 3 rings (SSSR count). The number of ether oxygens (including phenoxy) is 2. The van der Waals surface area contributed by atoms with Crippen LogP contribution in [0.1, 0.15) is 11.3 Å². The molecule has 1 aromatic carbocycles. The van der Waals surface area contributed by atoms with Crippen LogP contribution in [0.15, 0.2) is 41.3 Å². The van der Waals surface area contributed by atoms with E-state index in [1.54, 1.807) is 11.8 Å². The molecule has 0 amide bonds. The monoisotopic (exact) mass is 345 g/mol. The number of tetrazole rings is 1. The normalized spacial score (nSPS) is 10.5. The summed E-state index contributed by atoms with van der Waals surface area (Å²) in [7, 11) is 1.61. The van der Waals surface area contributed by atoms with Crippen LogP contribution in [0.25, 0.3) is 0 Å². The van der Waals surface area contributed by atoms with Crippen molar-refractivity contribution in [1.82, 2.24) is 25.2 Å². The first-order valence-corrected chi connectivity index (χ1v) is 7.52. The summed E-state index contributed by atoms with van der Waals surface area (Å²) in [4.78, 5) is 15.1. The van der Waals surface area contributed by atoms with Gasteiger partial charge in [-0.15, -0.1) is 0 Å². The molecule has 124 valence electrons. The van der Waals surface area contributed by atoms with E-state index >= 15 is 0 Å². The lowest BCUT2D eigenvalue weighted by Crippen LogP contribution is -2.12. The van der Waals surface area contributed by atoms with Crippen LogP contribution in [0.5, 0.6) is 11.5 Å². The minimum Gasteiger partial charge on any atom is -0.497 e. The first-order chi connectivity index (χ1) is 11.7. The number of hydrogen-bond acceptors (Lipinski definition) is 6. The lowest BCUT2D eigenvalue weighted by atomic mass is 10.2. The maximum atomic E-state index is 12.1. The van der Waals surface area contributed by atoms with Gasteiger partial charge < -0.3 is 14.5 Å². The third-order valence-electron chi connectivity index (χ3n) is 3.35. The molecule has 9 heteroatoms. The third kappa shape index (κ3) is 3.69. The van der Waals surface area contributed by atoms with Gasteiger partial charge in [-0.1, -0.05) is 22.4 Å². The summed E-state index contributed by atoms with van der Waals surface area (Å²) in [5.41, 5.74) is 1.39. The van der Waals surface area contributed by atoms with Crippen molar-refractivity contribution in [2.24, 2.45) is 0 Å². The Hall–Kier alpha value is -2.94. The molecule has 24 heavy (non-hydrogen) atoms. The van der Waals surface area contributed by atoms with Gasteiger partial charge in [-0.3, -0.25) is 4.79 Å². The highest BCUT2D eigenvalue weighted by Gasteiger charge is 2.05. The van der Waals surface area contributed by atoms with Crippen LogP contribution in [0, 0.1) is 4.77 Å². The van der Waals surface area contributed by atoms with E-state index in [1.165, 1.54) is 12.3 Å². The van der Waals surface area contributed by atoms with Gasteiger partial charge in [0.05, 0.1) is 13.7 Å². The molecule has 3 aromatic rings. The predicted molar refractivity (Wildman–Crippen MR) is 88.7 cm³/mol. The fourth-order valence-electron chi connectivity index (χ4n) is 2.08.